The van der Waals surface area contributed by atoms with Gasteiger partial charge in [0.25, 0.3) is 0 Å². The fraction of sp³-hybridized carbons (Fsp3) is 0.818. The molecule has 0 heterocycles. The average Bonchev–Trinajstić information content (AvgIpc) is 2.15. The molecule has 1 atom stereocenters. The molecule has 5 heteroatoms. The molecular formula is C11H20FNO3. The third-order valence-corrected chi connectivity index (χ3v) is 2.10. The molecule has 0 saturated carbocycles. The molecule has 0 radical (unpaired) electrons. The first-order valence-electron chi connectivity index (χ1n) is 5.55. The average molecular weight is 233 g/mol. The monoisotopic (exact) mass is 233 g/mol. The Morgan fingerprint density at radius 2 is 1.94 bits per heavy atom. The highest BCUT2D eigenvalue weighted by Gasteiger charge is 2.19. The molecule has 0 rings (SSSR count). The number of unbranched alkanes of at least 4 members (excludes halogenated alkanes) is 1. The van der Waals surface area contributed by atoms with Gasteiger partial charge in [-0.25, -0.2) is 4.79 Å². The summed E-state index contributed by atoms with van der Waals surface area (Å²) in [5, 5.41) is 11.3. The number of hydrogen-bond acceptors (Lipinski definition) is 2. The predicted molar refractivity (Wildman–Crippen MR) is 58.8 cm³/mol. The number of carbonyl (C=O) groups excluding carboxylic acids is 1. The number of amides is 1. The molecule has 1 amide bonds. The molecule has 0 aromatic heterocycles. The molecule has 0 aliphatic heterocycles. The zero-order valence-electron chi connectivity index (χ0n) is 9.83. The van der Waals surface area contributed by atoms with Crippen molar-refractivity contribution >= 4 is 11.9 Å². The van der Waals surface area contributed by atoms with Crippen molar-refractivity contribution in [3.63, 3.8) is 0 Å². The Labute approximate surface area is 95.2 Å². The second-order valence-electron chi connectivity index (χ2n) is 4.24. The van der Waals surface area contributed by atoms with E-state index >= 15 is 0 Å². The van der Waals surface area contributed by atoms with Crippen LogP contribution in [0, 0.1) is 5.92 Å². The quantitative estimate of drug-likeness (QED) is 0.627. The Kier molecular flexibility index (Phi) is 7.50. The smallest absolute Gasteiger partial charge is 0.326 e. The van der Waals surface area contributed by atoms with Crippen LogP contribution in [-0.4, -0.2) is 29.7 Å². The molecule has 0 saturated heterocycles. The van der Waals surface area contributed by atoms with Gasteiger partial charge in [-0.15, -0.1) is 0 Å². The van der Waals surface area contributed by atoms with Gasteiger partial charge in [0.1, 0.15) is 6.04 Å². The number of rotatable bonds is 8. The summed E-state index contributed by atoms with van der Waals surface area (Å²) in [5.41, 5.74) is 0. The standard InChI is InChI=1S/C11H20FNO3/c1-8(2)7-10(14)13-9(11(15)16)5-3-4-6-12/h8-9H,3-7H2,1-2H3,(H,13,14)(H,15,16). The lowest BCUT2D eigenvalue weighted by molar-refractivity contribution is -0.142. The van der Waals surface area contributed by atoms with Gasteiger partial charge in [0.15, 0.2) is 0 Å². The first-order valence-corrected chi connectivity index (χ1v) is 5.55. The Morgan fingerprint density at radius 1 is 1.31 bits per heavy atom. The second-order valence-corrected chi connectivity index (χ2v) is 4.24. The molecule has 0 fully saturated rings. The maximum Gasteiger partial charge on any atom is 0.326 e. The third-order valence-electron chi connectivity index (χ3n) is 2.10. The molecule has 0 bridgehead atoms. The van der Waals surface area contributed by atoms with Crippen molar-refractivity contribution in [3.05, 3.63) is 0 Å². The summed E-state index contributed by atoms with van der Waals surface area (Å²) in [7, 11) is 0. The minimum Gasteiger partial charge on any atom is -0.480 e. The number of alkyl halides is 1. The van der Waals surface area contributed by atoms with Crippen LogP contribution >= 0.6 is 0 Å². The van der Waals surface area contributed by atoms with E-state index in [-0.39, 0.29) is 18.2 Å². The van der Waals surface area contributed by atoms with Crippen LogP contribution in [0.25, 0.3) is 0 Å². The van der Waals surface area contributed by atoms with Crippen molar-refractivity contribution in [3.8, 4) is 0 Å². The van der Waals surface area contributed by atoms with Gasteiger partial charge in [-0.05, 0) is 25.2 Å². The number of carboxylic acids is 1. The Balaban J connectivity index is 4.02. The summed E-state index contributed by atoms with van der Waals surface area (Å²) >= 11 is 0. The SMILES string of the molecule is CC(C)CC(=O)NC(CCCCF)C(=O)O. The second kappa shape index (κ2) is 8.07. The number of hydrogen-bond donors (Lipinski definition) is 2. The summed E-state index contributed by atoms with van der Waals surface area (Å²) in [6.45, 7) is 3.32. The van der Waals surface area contributed by atoms with Crippen LogP contribution in [0.15, 0.2) is 0 Å². The maximum absolute atomic E-state index is 11.8. The number of aliphatic carboxylic acids is 1. The fourth-order valence-electron chi connectivity index (χ4n) is 1.32. The third kappa shape index (κ3) is 7.20. The minimum absolute atomic E-state index is 0.195. The molecule has 16 heavy (non-hydrogen) atoms. The summed E-state index contributed by atoms with van der Waals surface area (Å²) in [4.78, 5) is 22.2. The van der Waals surface area contributed by atoms with Gasteiger partial charge in [0.2, 0.25) is 5.91 Å². The number of carboxylic acid groups (broad SMARTS) is 1. The van der Waals surface area contributed by atoms with Crippen LogP contribution in [0.2, 0.25) is 0 Å². The lowest BCUT2D eigenvalue weighted by atomic mass is 10.1. The van der Waals surface area contributed by atoms with E-state index in [1.165, 1.54) is 0 Å². The van der Waals surface area contributed by atoms with Gasteiger partial charge >= 0.3 is 5.97 Å². The van der Waals surface area contributed by atoms with Crippen molar-refractivity contribution in [1.82, 2.24) is 5.32 Å². The molecule has 0 aliphatic carbocycles. The lowest BCUT2D eigenvalue weighted by Gasteiger charge is -2.14. The Morgan fingerprint density at radius 3 is 2.38 bits per heavy atom. The molecule has 0 aromatic rings. The number of nitrogens with one attached hydrogen (secondary N) is 1. The molecule has 2 N–H and O–H groups in total. The van der Waals surface area contributed by atoms with Gasteiger partial charge in [0.05, 0.1) is 6.67 Å². The van der Waals surface area contributed by atoms with E-state index < -0.39 is 18.7 Å². The predicted octanol–water partition coefficient (Wildman–Crippen LogP) is 1.74. The van der Waals surface area contributed by atoms with Gasteiger partial charge in [-0.3, -0.25) is 9.18 Å². The zero-order valence-corrected chi connectivity index (χ0v) is 9.83. The number of halogens is 1. The van der Waals surface area contributed by atoms with Crippen molar-refractivity contribution in [1.29, 1.82) is 0 Å². The summed E-state index contributed by atoms with van der Waals surface area (Å²) in [6, 6.07) is -0.891. The minimum atomic E-state index is -1.06. The lowest BCUT2D eigenvalue weighted by Crippen LogP contribution is -2.41. The fourth-order valence-corrected chi connectivity index (χ4v) is 1.32. The molecule has 0 spiro atoms. The normalized spacial score (nSPS) is 12.5. The molecule has 1 unspecified atom stereocenters. The van der Waals surface area contributed by atoms with E-state index in [0.717, 1.165) is 0 Å². The van der Waals surface area contributed by atoms with Gasteiger partial charge in [0, 0.05) is 6.42 Å². The van der Waals surface area contributed by atoms with Gasteiger partial charge < -0.3 is 10.4 Å². The van der Waals surface area contributed by atoms with Crippen LogP contribution in [-0.2, 0) is 9.59 Å². The highest BCUT2D eigenvalue weighted by molar-refractivity contribution is 5.83. The van der Waals surface area contributed by atoms with E-state index in [1.807, 2.05) is 13.8 Å². The molecule has 4 nitrogen and oxygen atoms in total. The zero-order chi connectivity index (χ0) is 12.6. The van der Waals surface area contributed by atoms with Crippen LogP contribution in [0.3, 0.4) is 0 Å². The molecular weight excluding hydrogens is 213 g/mol. The van der Waals surface area contributed by atoms with Crippen molar-refractivity contribution < 1.29 is 19.1 Å². The van der Waals surface area contributed by atoms with Gasteiger partial charge in [-0.1, -0.05) is 13.8 Å². The van der Waals surface area contributed by atoms with Crippen LogP contribution in [0.4, 0.5) is 4.39 Å². The molecule has 0 aliphatic rings. The Bertz CT molecular complexity index is 231. The van der Waals surface area contributed by atoms with Crippen LogP contribution in [0.5, 0.6) is 0 Å². The summed E-state index contributed by atoms with van der Waals surface area (Å²) < 4.78 is 11.8. The van der Waals surface area contributed by atoms with E-state index in [4.69, 9.17) is 5.11 Å². The van der Waals surface area contributed by atoms with Gasteiger partial charge in [-0.2, -0.15) is 0 Å². The highest BCUT2D eigenvalue weighted by atomic mass is 19.1. The first kappa shape index (κ1) is 14.9. The van der Waals surface area contributed by atoms with Crippen molar-refractivity contribution in [2.24, 2.45) is 5.92 Å². The summed E-state index contributed by atoms with van der Waals surface area (Å²) in [6.07, 6.45) is 1.40. The summed E-state index contributed by atoms with van der Waals surface area (Å²) in [5.74, 6) is -1.13. The topological polar surface area (TPSA) is 66.4 Å². The van der Waals surface area contributed by atoms with Crippen LogP contribution < -0.4 is 5.32 Å². The van der Waals surface area contributed by atoms with Crippen molar-refractivity contribution in [2.45, 2.75) is 45.6 Å². The van der Waals surface area contributed by atoms with E-state index in [1.54, 1.807) is 0 Å². The van der Waals surface area contributed by atoms with E-state index in [9.17, 15) is 14.0 Å². The molecule has 0 aromatic carbocycles. The van der Waals surface area contributed by atoms with Crippen LogP contribution in [0.1, 0.15) is 39.5 Å². The first-order chi connectivity index (χ1) is 7.47. The largest absolute Gasteiger partial charge is 0.480 e. The Hall–Kier alpha value is -1.13. The number of carbonyl (C=O) groups is 2. The van der Waals surface area contributed by atoms with E-state index in [2.05, 4.69) is 5.32 Å². The van der Waals surface area contributed by atoms with Crippen molar-refractivity contribution in [2.75, 3.05) is 6.67 Å². The van der Waals surface area contributed by atoms with E-state index in [0.29, 0.717) is 19.3 Å². The highest BCUT2D eigenvalue weighted by Crippen LogP contribution is 2.04. The molecule has 94 valence electrons. The maximum atomic E-state index is 11.8.